The van der Waals surface area contributed by atoms with Crippen LogP contribution in [-0.4, -0.2) is 26.8 Å². The number of carbonyl (C=O) groups is 2. The summed E-state index contributed by atoms with van der Waals surface area (Å²) in [5, 5.41) is 15.9. The first kappa shape index (κ1) is 15.8. The molecular formula is C15H19N3O4. The van der Waals surface area contributed by atoms with Gasteiger partial charge >= 0.3 is 5.97 Å². The van der Waals surface area contributed by atoms with E-state index in [1.54, 1.807) is 11.6 Å². The van der Waals surface area contributed by atoms with Gasteiger partial charge in [0.25, 0.3) is 5.91 Å². The van der Waals surface area contributed by atoms with Crippen LogP contribution >= 0.6 is 0 Å². The van der Waals surface area contributed by atoms with Gasteiger partial charge in [-0.05, 0) is 33.8 Å². The maximum atomic E-state index is 12.2. The second kappa shape index (κ2) is 6.05. The number of carboxylic acids is 1. The Morgan fingerprint density at radius 3 is 2.55 bits per heavy atom. The molecule has 2 rings (SSSR count). The fourth-order valence-electron chi connectivity index (χ4n) is 2.27. The van der Waals surface area contributed by atoms with Crippen LogP contribution < -0.4 is 5.32 Å². The van der Waals surface area contributed by atoms with Crippen molar-refractivity contribution in [2.45, 2.75) is 40.3 Å². The van der Waals surface area contributed by atoms with E-state index in [2.05, 4.69) is 10.4 Å². The molecule has 0 saturated heterocycles. The van der Waals surface area contributed by atoms with Crippen LogP contribution in [0.4, 0.5) is 0 Å². The lowest BCUT2D eigenvalue weighted by Gasteiger charge is -2.08. The molecule has 0 aliphatic heterocycles. The van der Waals surface area contributed by atoms with Crippen molar-refractivity contribution in [3.63, 3.8) is 0 Å². The number of nitrogens with one attached hydrogen (secondary N) is 1. The van der Waals surface area contributed by atoms with Crippen molar-refractivity contribution in [1.82, 2.24) is 15.1 Å². The number of aryl methyl sites for hydroxylation is 1. The Labute approximate surface area is 127 Å². The molecule has 7 nitrogen and oxygen atoms in total. The van der Waals surface area contributed by atoms with Gasteiger partial charge in [0.15, 0.2) is 0 Å². The molecule has 7 heteroatoms. The first-order chi connectivity index (χ1) is 10.3. The van der Waals surface area contributed by atoms with Crippen molar-refractivity contribution in [3.05, 3.63) is 40.6 Å². The van der Waals surface area contributed by atoms with Crippen LogP contribution in [0.2, 0.25) is 0 Å². The Bertz CT molecular complexity index is 712. The molecule has 22 heavy (non-hydrogen) atoms. The Kier molecular flexibility index (Phi) is 4.35. The Hall–Kier alpha value is -2.57. The van der Waals surface area contributed by atoms with Gasteiger partial charge in [0.2, 0.25) is 0 Å². The molecule has 0 aliphatic rings. The lowest BCUT2D eigenvalue weighted by Crippen LogP contribution is -2.23. The standard InChI is InChI=1S/C15H19N3O4/c1-8(2)18-9(3)13(7-17-18)14(19)16-6-11-5-12(15(20)21)10(4)22-11/h5,7-8H,6H2,1-4H3,(H,16,19)(H,20,21). The van der Waals surface area contributed by atoms with Crippen LogP contribution in [0.15, 0.2) is 16.7 Å². The van der Waals surface area contributed by atoms with Gasteiger partial charge in [-0.2, -0.15) is 5.10 Å². The average molecular weight is 305 g/mol. The number of hydrogen-bond acceptors (Lipinski definition) is 4. The maximum Gasteiger partial charge on any atom is 0.339 e. The van der Waals surface area contributed by atoms with Crippen LogP contribution in [-0.2, 0) is 6.54 Å². The zero-order valence-electron chi connectivity index (χ0n) is 13.0. The molecular weight excluding hydrogens is 286 g/mol. The topological polar surface area (TPSA) is 97.4 Å². The Morgan fingerprint density at radius 1 is 1.36 bits per heavy atom. The van der Waals surface area contributed by atoms with Crippen LogP contribution in [0.25, 0.3) is 0 Å². The summed E-state index contributed by atoms with van der Waals surface area (Å²) in [6.45, 7) is 7.51. The summed E-state index contributed by atoms with van der Waals surface area (Å²) in [5.74, 6) is -0.596. The molecule has 118 valence electrons. The van der Waals surface area contributed by atoms with E-state index < -0.39 is 5.97 Å². The van der Waals surface area contributed by atoms with Gasteiger partial charge in [-0.15, -0.1) is 0 Å². The van der Waals surface area contributed by atoms with E-state index >= 15 is 0 Å². The van der Waals surface area contributed by atoms with E-state index in [-0.39, 0.29) is 24.1 Å². The van der Waals surface area contributed by atoms with Crippen LogP contribution in [0.3, 0.4) is 0 Å². The average Bonchev–Trinajstić information content (AvgIpc) is 2.99. The first-order valence-electron chi connectivity index (χ1n) is 6.96. The van der Waals surface area contributed by atoms with Gasteiger partial charge in [0.05, 0.1) is 18.3 Å². The number of amides is 1. The highest BCUT2D eigenvalue weighted by molar-refractivity contribution is 5.95. The highest BCUT2D eigenvalue weighted by atomic mass is 16.4. The highest BCUT2D eigenvalue weighted by Gasteiger charge is 2.17. The molecule has 2 heterocycles. The molecule has 0 aromatic carbocycles. The third-order valence-electron chi connectivity index (χ3n) is 3.40. The smallest absolute Gasteiger partial charge is 0.339 e. The van der Waals surface area contributed by atoms with Crippen LogP contribution in [0.5, 0.6) is 0 Å². The molecule has 0 spiro atoms. The van der Waals surface area contributed by atoms with Gasteiger partial charge in [0, 0.05) is 11.7 Å². The molecule has 0 bridgehead atoms. The summed E-state index contributed by atoms with van der Waals surface area (Å²) in [7, 11) is 0. The molecule has 2 aromatic rings. The van der Waals surface area contributed by atoms with Crippen LogP contribution in [0, 0.1) is 13.8 Å². The molecule has 0 radical (unpaired) electrons. The van der Waals surface area contributed by atoms with Crippen molar-refractivity contribution >= 4 is 11.9 Å². The highest BCUT2D eigenvalue weighted by Crippen LogP contribution is 2.16. The Morgan fingerprint density at radius 2 is 2.05 bits per heavy atom. The number of furan rings is 1. The molecule has 0 fully saturated rings. The van der Waals surface area contributed by atoms with Crippen LogP contribution in [0.1, 0.15) is 57.8 Å². The second-order valence-electron chi connectivity index (χ2n) is 5.35. The zero-order chi connectivity index (χ0) is 16.4. The molecule has 0 saturated carbocycles. The summed E-state index contributed by atoms with van der Waals surface area (Å²) >= 11 is 0. The minimum atomic E-state index is -1.05. The van der Waals surface area contributed by atoms with Gasteiger partial charge in [-0.1, -0.05) is 0 Å². The SMILES string of the molecule is Cc1oc(CNC(=O)c2cnn(C(C)C)c2C)cc1C(=O)O. The van der Waals surface area contributed by atoms with E-state index in [4.69, 9.17) is 9.52 Å². The number of nitrogens with zero attached hydrogens (tertiary/aromatic N) is 2. The van der Waals surface area contributed by atoms with E-state index in [1.807, 2.05) is 20.8 Å². The monoisotopic (exact) mass is 305 g/mol. The largest absolute Gasteiger partial charge is 0.478 e. The number of aromatic nitrogens is 2. The summed E-state index contributed by atoms with van der Waals surface area (Å²) < 4.78 is 7.09. The van der Waals surface area contributed by atoms with E-state index in [0.29, 0.717) is 17.1 Å². The van der Waals surface area contributed by atoms with Crippen molar-refractivity contribution in [1.29, 1.82) is 0 Å². The lowest BCUT2D eigenvalue weighted by molar-refractivity contribution is 0.0694. The summed E-state index contributed by atoms with van der Waals surface area (Å²) in [4.78, 5) is 23.1. The third-order valence-corrected chi connectivity index (χ3v) is 3.40. The molecule has 2 N–H and O–H groups in total. The number of hydrogen-bond donors (Lipinski definition) is 2. The van der Waals surface area contributed by atoms with Crippen molar-refractivity contribution in [3.8, 4) is 0 Å². The number of aromatic carboxylic acids is 1. The van der Waals surface area contributed by atoms with Crippen molar-refractivity contribution in [2.75, 3.05) is 0 Å². The minimum absolute atomic E-state index is 0.105. The van der Waals surface area contributed by atoms with Crippen molar-refractivity contribution in [2.24, 2.45) is 0 Å². The third kappa shape index (κ3) is 3.03. The zero-order valence-corrected chi connectivity index (χ0v) is 13.0. The maximum absolute atomic E-state index is 12.2. The molecule has 2 aromatic heterocycles. The fraction of sp³-hybridized carbons (Fsp3) is 0.400. The van der Waals surface area contributed by atoms with E-state index in [0.717, 1.165) is 5.69 Å². The van der Waals surface area contributed by atoms with E-state index in [1.165, 1.54) is 12.3 Å². The summed E-state index contributed by atoms with van der Waals surface area (Å²) in [5.41, 5.74) is 1.39. The first-order valence-corrected chi connectivity index (χ1v) is 6.96. The minimum Gasteiger partial charge on any atom is -0.478 e. The van der Waals surface area contributed by atoms with Crippen molar-refractivity contribution < 1.29 is 19.1 Å². The second-order valence-corrected chi connectivity index (χ2v) is 5.35. The Balaban J connectivity index is 2.07. The normalized spacial score (nSPS) is 11.0. The summed E-state index contributed by atoms with van der Waals surface area (Å²) in [6, 6.07) is 1.59. The molecule has 0 atom stereocenters. The van der Waals surface area contributed by atoms with Gasteiger partial charge in [0.1, 0.15) is 17.1 Å². The fourth-order valence-corrected chi connectivity index (χ4v) is 2.27. The predicted molar refractivity (Wildman–Crippen MR) is 78.9 cm³/mol. The molecule has 0 aliphatic carbocycles. The molecule has 1 amide bonds. The quantitative estimate of drug-likeness (QED) is 0.883. The number of carbonyl (C=O) groups excluding carboxylic acids is 1. The predicted octanol–water partition coefficient (Wildman–Crippen LogP) is 2.30. The van der Waals surface area contributed by atoms with Gasteiger partial charge in [-0.3, -0.25) is 9.48 Å². The lowest BCUT2D eigenvalue weighted by atomic mass is 10.2. The number of rotatable bonds is 5. The van der Waals surface area contributed by atoms with Gasteiger partial charge < -0.3 is 14.8 Å². The van der Waals surface area contributed by atoms with E-state index in [9.17, 15) is 9.59 Å². The summed E-state index contributed by atoms with van der Waals surface area (Å²) in [6.07, 6.45) is 1.53. The number of carboxylic acid groups (broad SMARTS) is 1. The van der Waals surface area contributed by atoms with Gasteiger partial charge in [-0.25, -0.2) is 4.79 Å². The molecule has 0 unspecified atom stereocenters.